The minimum atomic E-state index is -0.0801. The number of hydrogen-bond acceptors (Lipinski definition) is 6. The Hall–Kier alpha value is -2.25. The third-order valence-corrected chi connectivity index (χ3v) is 5.06. The van der Waals surface area contributed by atoms with E-state index in [0.717, 1.165) is 57.9 Å². The van der Waals surface area contributed by atoms with Crippen LogP contribution in [-0.2, 0) is 11.3 Å². The van der Waals surface area contributed by atoms with Crippen molar-refractivity contribution in [2.75, 3.05) is 32.8 Å². The first-order valence-electron chi connectivity index (χ1n) is 9.20. The van der Waals surface area contributed by atoms with Crippen LogP contribution in [-0.4, -0.2) is 58.7 Å². The number of pyridine rings is 1. The van der Waals surface area contributed by atoms with Gasteiger partial charge < -0.3 is 14.2 Å². The Morgan fingerprint density at radius 2 is 2.12 bits per heavy atom. The second-order valence-electron chi connectivity index (χ2n) is 6.96. The summed E-state index contributed by atoms with van der Waals surface area (Å²) in [5.41, 5.74) is 2.51. The van der Waals surface area contributed by atoms with Gasteiger partial charge in [0.2, 0.25) is 0 Å². The molecular weight excluding hydrogens is 332 g/mol. The first-order chi connectivity index (χ1) is 12.7. The van der Waals surface area contributed by atoms with Crippen LogP contribution in [0.5, 0.6) is 0 Å². The minimum Gasteiger partial charge on any atom is -0.379 e. The number of carbonyl (C=O) groups excluding carboxylic acids is 1. The number of ether oxygens (including phenoxy) is 1. The average Bonchev–Trinajstić information content (AvgIpc) is 3.32. The molecule has 0 spiro atoms. The zero-order chi connectivity index (χ0) is 17.9. The highest BCUT2D eigenvalue weighted by atomic mass is 16.5. The molecule has 138 valence electrons. The standard InChI is InChI=1S/C19H24N4O3/c1-14-11-17(21-26-14)19(24)23-6-2-3-18(23)16-5-4-15(12-20-16)13-22-7-9-25-10-8-22/h4-5,11-12,18H,2-3,6-10,13H2,1H3/t18-/m0/s1. The van der Waals surface area contributed by atoms with E-state index in [1.807, 2.05) is 11.1 Å². The van der Waals surface area contributed by atoms with Crippen molar-refractivity contribution in [2.24, 2.45) is 0 Å². The molecule has 0 aromatic carbocycles. The molecule has 0 aliphatic carbocycles. The number of nitrogens with zero attached hydrogens (tertiary/aromatic N) is 4. The Bertz CT molecular complexity index is 752. The smallest absolute Gasteiger partial charge is 0.276 e. The predicted molar refractivity (Wildman–Crippen MR) is 94.6 cm³/mol. The van der Waals surface area contributed by atoms with Gasteiger partial charge >= 0.3 is 0 Å². The number of likely N-dealkylation sites (tertiary alicyclic amines) is 1. The van der Waals surface area contributed by atoms with Gasteiger partial charge in [0.1, 0.15) is 5.76 Å². The van der Waals surface area contributed by atoms with Crippen molar-refractivity contribution < 1.29 is 14.1 Å². The van der Waals surface area contributed by atoms with E-state index in [-0.39, 0.29) is 11.9 Å². The quantitative estimate of drug-likeness (QED) is 0.836. The summed E-state index contributed by atoms with van der Waals surface area (Å²) in [5.74, 6) is 0.568. The van der Waals surface area contributed by atoms with Crippen LogP contribution >= 0.6 is 0 Å². The van der Waals surface area contributed by atoms with Gasteiger partial charge in [-0.25, -0.2) is 0 Å². The van der Waals surface area contributed by atoms with Crippen LogP contribution in [0, 0.1) is 6.92 Å². The van der Waals surface area contributed by atoms with Gasteiger partial charge in [-0.15, -0.1) is 0 Å². The molecule has 7 heteroatoms. The van der Waals surface area contributed by atoms with Crippen LogP contribution < -0.4 is 0 Å². The number of aromatic nitrogens is 2. The highest BCUT2D eigenvalue weighted by molar-refractivity contribution is 5.92. The van der Waals surface area contributed by atoms with E-state index in [0.29, 0.717) is 11.5 Å². The molecule has 0 bridgehead atoms. The normalized spacial score (nSPS) is 21.3. The Labute approximate surface area is 152 Å². The molecule has 0 unspecified atom stereocenters. The van der Waals surface area contributed by atoms with Crippen LogP contribution in [0.2, 0.25) is 0 Å². The maximum absolute atomic E-state index is 12.7. The fraction of sp³-hybridized carbons (Fsp3) is 0.526. The van der Waals surface area contributed by atoms with Crippen LogP contribution in [0.15, 0.2) is 28.9 Å². The predicted octanol–water partition coefficient (Wildman–Crippen LogP) is 2.19. The van der Waals surface area contributed by atoms with E-state index >= 15 is 0 Å². The highest BCUT2D eigenvalue weighted by Gasteiger charge is 2.32. The van der Waals surface area contributed by atoms with Gasteiger partial charge in [0.15, 0.2) is 5.69 Å². The van der Waals surface area contributed by atoms with Gasteiger partial charge in [0.25, 0.3) is 5.91 Å². The Kier molecular flexibility index (Phi) is 4.99. The van der Waals surface area contributed by atoms with Gasteiger partial charge in [0, 0.05) is 38.4 Å². The molecule has 0 radical (unpaired) electrons. The van der Waals surface area contributed by atoms with E-state index < -0.39 is 0 Å². The SMILES string of the molecule is Cc1cc(C(=O)N2CCC[C@H]2c2ccc(CN3CCOCC3)cn2)no1. The first kappa shape index (κ1) is 17.2. The lowest BCUT2D eigenvalue weighted by Gasteiger charge is -2.27. The number of aryl methyl sites for hydroxylation is 1. The van der Waals surface area contributed by atoms with Crippen LogP contribution in [0.3, 0.4) is 0 Å². The molecule has 26 heavy (non-hydrogen) atoms. The van der Waals surface area contributed by atoms with Gasteiger partial charge in [-0.05, 0) is 31.4 Å². The molecule has 0 N–H and O–H groups in total. The van der Waals surface area contributed by atoms with Crippen LogP contribution in [0.4, 0.5) is 0 Å². The molecule has 2 aliphatic heterocycles. The molecular formula is C19H24N4O3. The fourth-order valence-electron chi connectivity index (χ4n) is 3.68. The molecule has 2 fully saturated rings. The molecule has 2 aromatic heterocycles. The second-order valence-corrected chi connectivity index (χ2v) is 6.96. The number of morpholine rings is 1. The third kappa shape index (κ3) is 3.64. The lowest BCUT2D eigenvalue weighted by atomic mass is 10.1. The molecule has 4 heterocycles. The number of carbonyl (C=O) groups is 1. The van der Waals surface area contributed by atoms with Crippen molar-refractivity contribution in [1.29, 1.82) is 0 Å². The second kappa shape index (κ2) is 7.55. The maximum Gasteiger partial charge on any atom is 0.276 e. The van der Waals surface area contributed by atoms with Crippen molar-refractivity contribution in [1.82, 2.24) is 19.9 Å². The van der Waals surface area contributed by atoms with Crippen molar-refractivity contribution in [3.05, 3.63) is 47.1 Å². The summed E-state index contributed by atoms with van der Waals surface area (Å²) < 4.78 is 10.4. The molecule has 2 saturated heterocycles. The van der Waals surface area contributed by atoms with E-state index in [1.165, 1.54) is 5.56 Å². The van der Waals surface area contributed by atoms with Crippen molar-refractivity contribution in [2.45, 2.75) is 32.4 Å². The zero-order valence-corrected chi connectivity index (χ0v) is 15.1. The summed E-state index contributed by atoms with van der Waals surface area (Å²) in [7, 11) is 0. The minimum absolute atomic E-state index is 0.0111. The van der Waals surface area contributed by atoms with E-state index in [2.05, 4.69) is 27.2 Å². The summed E-state index contributed by atoms with van der Waals surface area (Å²) in [5, 5.41) is 3.87. The Morgan fingerprint density at radius 3 is 2.81 bits per heavy atom. The average molecular weight is 356 g/mol. The zero-order valence-electron chi connectivity index (χ0n) is 15.1. The Balaban J connectivity index is 1.44. The largest absolute Gasteiger partial charge is 0.379 e. The molecule has 4 rings (SSSR count). The topological polar surface area (TPSA) is 71.7 Å². The van der Waals surface area contributed by atoms with E-state index in [9.17, 15) is 4.79 Å². The molecule has 1 amide bonds. The van der Waals surface area contributed by atoms with Gasteiger partial charge in [-0.2, -0.15) is 0 Å². The van der Waals surface area contributed by atoms with Gasteiger partial charge in [0.05, 0.1) is 24.9 Å². The van der Waals surface area contributed by atoms with Crippen LogP contribution in [0.25, 0.3) is 0 Å². The third-order valence-electron chi connectivity index (χ3n) is 5.06. The van der Waals surface area contributed by atoms with Gasteiger partial charge in [-0.3, -0.25) is 14.7 Å². The van der Waals surface area contributed by atoms with Crippen molar-refractivity contribution >= 4 is 5.91 Å². The lowest BCUT2D eigenvalue weighted by molar-refractivity contribution is 0.0341. The summed E-state index contributed by atoms with van der Waals surface area (Å²) in [4.78, 5) is 21.6. The summed E-state index contributed by atoms with van der Waals surface area (Å²) in [6.07, 6.45) is 3.84. The Morgan fingerprint density at radius 1 is 1.27 bits per heavy atom. The molecule has 2 aliphatic rings. The molecule has 1 atom stereocenters. The molecule has 0 saturated carbocycles. The summed E-state index contributed by atoms with van der Waals surface area (Å²) in [6.45, 7) is 6.93. The van der Waals surface area contributed by atoms with Crippen molar-refractivity contribution in [3.63, 3.8) is 0 Å². The van der Waals surface area contributed by atoms with Crippen molar-refractivity contribution in [3.8, 4) is 0 Å². The number of hydrogen-bond donors (Lipinski definition) is 0. The maximum atomic E-state index is 12.7. The number of rotatable bonds is 4. The molecule has 2 aromatic rings. The monoisotopic (exact) mass is 356 g/mol. The fourth-order valence-corrected chi connectivity index (χ4v) is 3.68. The van der Waals surface area contributed by atoms with Gasteiger partial charge in [-0.1, -0.05) is 11.2 Å². The lowest BCUT2D eigenvalue weighted by Crippen LogP contribution is -2.35. The summed E-state index contributed by atoms with van der Waals surface area (Å²) >= 11 is 0. The van der Waals surface area contributed by atoms with Crippen LogP contribution in [0.1, 0.15) is 46.4 Å². The van der Waals surface area contributed by atoms with E-state index in [1.54, 1.807) is 13.0 Å². The highest BCUT2D eigenvalue weighted by Crippen LogP contribution is 2.32. The summed E-state index contributed by atoms with van der Waals surface area (Å²) in [6, 6.07) is 5.88. The molecule has 7 nitrogen and oxygen atoms in total. The first-order valence-corrected chi connectivity index (χ1v) is 9.20. The van der Waals surface area contributed by atoms with E-state index in [4.69, 9.17) is 9.26 Å². The number of amides is 1.